The molecule has 1 N–H and O–H groups in total. The molecule has 0 aliphatic rings. The van der Waals surface area contributed by atoms with Crippen LogP contribution in [0.25, 0.3) is 0 Å². The number of carbonyl (C=O) groups is 1. The third kappa shape index (κ3) is 3.21. The van der Waals surface area contributed by atoms with Crippen molar-refractivity contribution in [2.24, 2.45) is 0 Å². The summed E-state index contributed by atoms with van der Waals surface area (Å²) in [6.45, 7) is 0.712. The minimum atomic E-state index is 0.712. The van der Waals surface area contributed by atoms with E-state index in [9.17, 15) is 4.79 Å². The van der Waals surface area contributed by atoms with E-state index in [1.807, 2.05) is 0 Å². The number of hydrogen-bond acceptors (Lipinski definition) is 1. The molecule has 3 heteroatoms. The molecule has 0 saturated heterocycles. The van der Waals surface area contributed by atoms with Crippen LogP contribution in [0.4, 0.5) is 0 Å². The van der Waals surface area contributed by atoms with Crippen molar-refractivity contribution < 1.29 is 4.79 Å². The van der Waals surface area contributed by atoms with E-state index in [-0.39, 0.29) is 0 Å². The van der Waals surface area contributed by atoms with Crippen LogP contribution in [-0.2, 0) is 11.2 Å². The molecule has 1 rings (SSSR count). The molecule has 0 atom stereocenters. The van der Waals surface area contributed by atoms with E-state index < -0.39 is 0 Å². The molecule has 0 saturated carbocycles. The Bertz CT molecular complexity index is 245. The van der Waals surface area contributed by atoms with Crippen LogP contribution < -0.4 is 5.32 Å². The summed E-state index contributed by atoms with van der Waals surface area (Å²) in [6.07, 6.45) is 1.63. The summed E-state index contributed by atoms with van der Waals surface area (Å²) in [6, 6.07) is 8.29. The smallest absolute Gasteiger partial charge is 0.207 e. The van der Waals surface area contributed by atoms with Crippen LogP contribution in [0.1, 0.15) is 5.56 Å². The Morgan fingerprint density at radius 3 is 2.58 bits per heavy atom. The van der Waals surface area contributed by atoms with E-state index in [2.05, 4.69) is 52.2 Å². The second-order valence-electron chi connectivity index (χ2n) is 2.45. The topological polar surface area (TPSA) is 29.1 Å². The Balaban J connectivity index is 2.42. The van der Waals surface area contributed by atoms with Gasteiger partial charge in [0.1, 0.15) is 0 Å². The summed E-state index contributed by atoms with van der Waals surface area (Å²) in [5.74, 6) is 0. The monoisotopic (exact) mass is 275 g/mol. The molecular formula is C9H10INO. The lowest BCUT2D eigenvalue weighted by molar-refractivity contribution is -0.109. The predicted molar refractivity (Wildman–Crippen MR) is 56.9 cm³/mol. The third-order valence-electron chi connectivity index (χ3n) is 1.55. The first kappa shape index (κ1) is 9.51. The summed E-state index contributed by atoms with van der Waals surface area (Å²) < 4.78 is 1.24. The van der Waals surface area contributed by atoms with Crippen LogP contribution in [0.2, 0.25) is 0 Å². The molecule has 0 heterocycles. The van der Waals surface area contributed by atoms with Crippen LogP contribution in [0.5, 0.6) is 0 Å². The van der Waals surface area contributed by atoms with Crippen LogP contribution in [0.3, 0.4) is 0 Å². The van der Waals surface area contributed by atoms with E-state index in [0.29, 0.717) is 6.54 Å². The molecule has 1 aromatic carbocycles. The third-order valence-corrected chi connectivity index (χ3v) is 2.27. The minimum absolute atomic E-state index is 0.712. The number of benzene rings is 1. The largest absolute Gasteiger partial charge is 0.358 e. The molecule has 0 spiro atoms. The van der Waals surface area contributed by atoms with Crippen molar-refractivity contribution in [3.63, 3.8) is 0 Å². The first-order chi connectivity index (χ1) is 5.83. The van der Waals surface area contributed by atoms with Gasteiger partial charge in [-0.25, -0.2) is 0 Å². The highest BCUT2D eigenvalue weighted by atomic mass is 127. The summed E-state index contributed by atoms with van der Waals surface area (Å²) in [5, 5.41) is 2.63. The number of nitrogens with one attached hydrogen (secondary N) is 1. The molecule has 0 bridgehead atoms. The average molecular weight is 275 g/mol. The standard InChI is InChI=1S/C9H10INO/c10-9-3-1-8(2-4-9)5-6-11-7-12/h1-4,7H,5-6H2,(H,11,12). The fraction of sp³-hybridized carbons (Fsp3) is 0.222. The van der Waals surface area contributed by atoms with Gasteiger partial charge in [-0.1, -0.05) is 12.1 Å². The maximum absolute atomic E-state index is 9.94. The van der Waals surface area contributed by atoms with Crippen molar-refractivity contribution in [3.05, 3.63) is 33.4 Å². The van der Waals surface area contributed by atoms with Crippen LogP contribution in [0, 0.1) is 3.57 Å². The van der Waals surface area contributed by atoms with Crippen molar-refractivity contribution in [2.75, 3.05) is 6.54 Å². The number of rotatable bonds is 4. The first-order valence-electron chi connectivity index (χ1n) is 3.74. The van der Waals surface area contributed by atoms with Gasteiger partial charge in [-0.15, -0.1) is 0 Å². The van der Waals surface area contributed by atoms with Gasteiger partial charge in [-0.2, -0.15) is 0 Å². The predicted octanol–water partition coefficient (Wildman–Crippen LogP) is 1.58. The Morgan fingerprint density at radius 1 is 1.33 bits per heavy atom. The SMILES string of the molecule is O=CNCCc1ccc(I)cc1. The molecule has 1 aromatic rings. The molecule has 0 unspecified atom stereocenters. The van der Waals surface area contributed by atoms with E-state index in [4.69, 9.17) is 0 Å². The Kier molecular flexibility index (Phi) is 4.07. The lowest BCUT2D eigenvalue weighted by atomic mass is 10.2. The Morgan fingerprint density at radius 2 is 2.00 bits per heavy atom. The molecule has 0 aliphatic heterocycles. The molecule has 0 aliphatic carbocycles. The van der Waals surface area contributed by atoms with E-state index >= 15 is 0 Å². The van der Waals surface area contributed by atoms with E-state index in [1.54, 1.807) is 0 Å². The molecule has 1 amide bonds. The Hall–Kier alpha value is -0.580. The highest BCUT2D eigenvalue weighted by Gasteiger charge is 1.91. The first-order valence-corrected chi connectivity index (χ1v) is 4.82. The summed E-state index contributed by atoms with van der Waals surface area (Å²) >= 11 is 2.27. The van der Waals surface area contributed by atoms with Gasteiger partial charge in [0.25, 0.3) is 0 Å². The van der Waals surface area contributed by atoms with Crippen LogP contribution >= 0.6 is 22.6 Å². The van der Waals surface area contributed by atoms with Gasteiger partial charge >= 0.3 is 0 Å². The van der Waals surface area contributed by atoms with Crippen LogP contribution in [0.15, 0.2) is 24.3 Å². The summed E-state index contributed by atoms with van der Waals surface area (Å²) in [4.78, 5) is 9.94. The number of hydrogen-bond donors (Lipinski definition) is 1. The van der Waals surface area contributed by atoms with Crippen molar-refractivity contribution in [3.8, 4) is 0 Å². The van der Waals surface area contributed by atoms with Gasteiger partial charge in [-0.3, -0.25) is 4.79 Å². The van der Waals surface area contributed by atoms with Crippen molar-refractivity contribution in [1.82, 2.24) is 5.32 Å². The molecule has 0 fully saturated rings. The molecule has 0 radical (unpaired) electrons. The van der Waals surface area contributed by atoms with Crippen LogP contribution in [-0.4, -0.2) is 13.0 Å². The maximum atomic E-state index is 9.94. The highest BCUT2D eigenvalue weighted by molar-refractivity contribution is 14.1. The fourth-order valence-corrected chi connectivity index (χ4v) is 1.29. The molecule has 2 nitrogen and oxygen atoms in total. The molecular weight excluding hydrogens is 265 g/mol. The van der Waals surface area contributed by atoms with Gasteiger partial charge in [0.15, 0.2) is 0 Å². The minimum Gasteiger partial charge on any atom is -0.358 e. The molecule has 0 aromatic heterocycles. The lowest BCUT2D eigenvalue weighted by Gasteiger charge is -1.99. The van der Waals surface area contributed by atoms with E-state index in [0.717, 1.165) is 12.8 Å². The molecule has 64 valence electrons. The Labute approximate surface area is 85.5 Å². The van der Waals surface area contributed by atoms with Gasteiger partial charge in [0.2, 0.25) is 6.41 Å². The zero-order valence-corrected chi connectivity index (χ0v) is 8.74. The highest BCUT2D eigenvalue weighted by Crippen LogP contribution is 2.06. The molecule has 12 heavy (non-hydrogen) atoms. The second-order valence-corrected chi connectivity index (χ2v) is 3.69. The zero-order chi connectivity index (χ0) is 8.81. The van der Waals surface area contributed by atoms with Crippen molar-refractivity contribution in [1.29, 1.82) is 0 Å². The van der Waals surface area contributed by atoms with E-state index in [1.165, 1.54) is 9.13 Å². The van der Waals surface area contributed by atoms with Gasteiger partial charge in [0, 0.05) is 10.1 Å². The maximum Gasteiger partial charge on any atom is 0.207 e. The van der Waals surface area contributed by atoms with Crippen molar-refractivity contribution >= 4 is 29.0 Å². The normalized spacial score (nSPS) is 9.42. The van der Waals surface area contributed by atoms with Gasteiger partial charge in [-0.05, 0) is 46.7 Å². The zero-order valence-electron chi connectivity index (χ0n) is 6.59. The number of halogens is 1. The van der Waals surface area contributed by atoms with Gasteiger partial charge in [0.05, 0.1) is 0 Å². The summed E-state index contributed by atoms with van der Waals surface area (Å²) in [5.41, 5.74) is 1.25. The average Bonchev–Trinajstić information content (AvgIpc) is 2.09. The fourth-order valence-electron chi connectivity index (χ4n) is 0.927. The van der Waals surface area contributed by atoms with Crippen molar-refractivity contribution in [2.45, 2.75) is 6.42 Å². The summed E-state index contributed by atoms with van der Waals surface area (Å²) in [7, 11) is 0. The number of amides is 1. The van der Waals surface area contributed by atoms with Gasteiger partial charge < -0.3 is 5.32 Å². The lowest BCUT2D eigenvalue weighted by Crippen LogP contribution is -2.14. The quantitative estimate of drug-likeness (QED) is 0.504. The number of carbonyl (C=O) groups excluding carboxylic acids is 1. The second kappa shape index (κ2) is 5.13.